The zero-order valence-corrected chi connectivity index (χ0v) is 12.8. The van der Waals surface area contributed by atoms with Crippen LogP contribution in [0, 0.1) is 0 Å². The zero-order chi connectivity index (χ0) is 15.3. The van der Waals surface area contributed by atoms with Crippen molar-refractivity contribution in [3.63, 3.8) is 0 Å². The summed E-state index contributed by atoms with van der Waals surface area (Å²) in [5.74, 6) is 0. The van der Waals surface area contributed by atoms with Gasteiger partial charge < -0.3 is 10.6 Å². The Hall–Kier alpha value is -2.30. The molecule has 2 aromatic rings. The van der Waals surface area contributed by atoms with Gasteiger partial charge in [-0.3, -0.25) is 4.68 Å². The molecule has 5 nitrogen and oxygen atoms in total. The highest BCUT2D eigenvalue weighted by Gasteiger charge is 2.20. The van der Waals surface area contributed by atoms with Crippen LogP contribution in [0.1, 0.15) is 25.0 Å². The number of carbonyl (C=O) groups is 1. The molecule has 5 heteroatoms. The minimum atomic E-state index is -0.164. The van der Waals surface area contributed by atoms with Crippen LogP contribution in [-0.4, -0.2) is 22.4 Å². The van der Waals surface area contributed by atoms with E-state index in [1.165, 1.54) is 5.56 Å². The Bertz CT molecular complexity index is 589. The predicted octanol–water partition coefficient (Wildman–Crippen LogP) is 2.20. The fourth-order valence-corrected chi connectivity index (χ4v) is 2.10. The molecule has 0 fully saturated rings. The lowest BCUT2D eigenvalue weighted by Gasteiger charge is -2.25. The lowest BCUT2D eigenvalue weighted by molar-refractivity contribution is 0.238. The molecule has 0 aliphatic heterocycles. The molecule has 0 aliphatic carbocycles. The van der Waals surface area contributed by atoms with Crippen LogP contribution in [0.2, 0.25) is 0 Å². The van der Waals surface area contributed by atoms with E-state index in [4.69, 9.17) is 0 Å². The van der Waals surface area contributed by atoms with Crippen molar-refractivity contribution >= 4 is 6.03 Å². The van der Waals surface area contributed by atoms with Crippen LogP contribution < -0.4 is 10.6 Å². The van der Waals surface area contributed by atoms with E-state index >= 15 is 0 Å². The van der Waals surface area contributed by atoms with E-state index in [1.54, 1.807) is 10.9 Å². The van der Waals surface area contributed by atoms with Crippen LogP contribution in [0.15, 0.2) is 42.7 Å². The maximum absolute atomic E-state index is 11.9. The summed E-state index contributed by atoms with van der Waals surface area (Å²) in [6.07, 6.45) is 3.63. The predicted molar refractivity (Wildman–Crippen MR) is 82.9 cm³/mol. The molecule has 0 saturated carbocycles. The highest BCUT2D eigenvalue weighted by Crippen LogP contribution is 2.21. The first-order chi connectivity index (χ1) is 9.97. The maximum Gasteiger partial charge on any atom is 0.315 e. The van der Waals surface area contributed by atoms with E-state index in [9.17, 15) is 4.79 Å². The van der Waals surface area contributed by atoms with Gasteiger partial charge in [0.2, 0.25) is 0 Å². The molecule has 21 heavy (non-hydrogen) atoms. The molecule has 0 aliphatic rings. The van der Waals surface area contributed by atoms with Gasteiger partial charge in [0.05, 0.1) is 6.20 Å². The fraction of sp³-hybridized carbons (Fsp3) is 0.375. The summed E-state index contributed by atoms with van der Waals surface area (Å²) in [5, 5.41) is 9.82. The SMILES string of the molecule is Cn1cc(CNC(=O)NCC(C)(C)c2ccccc2)cn1. The van der Waals surface area contributed by atoms with Crippen LogP contribution >= 0.6 is 0 Å². The maximum atomic E-state index is 11.9. The number of aryl methyl sites for hydroxylation is 1. The second-order valence-corrected chi connectivity index (χ2v) is 5.81. The van der Waals surface area contributed by atoms with E-state index in [-0.39, 0.29) is 11.4 Å². The summed E-state index contributed by atoms with van der Waals surface area (Å²) < 4.78 is 1.72. The summed E-state index contributed by atoms with van der Waals surface area (Å²) in [5.41, 5.74) is 2.08. The van der Waals surface area contributed by atoms with Crippen molar-refractivity contribution in [1.29, 1.82) is 0 Å². The van der Waals surface area contributed by atoms with Gasteiger partial charge in [0.1, 0.15) is 0 Å². The van der Waals surface area contributed by atoms with E-state index in [0.29, 0.717) is 13.1 Å². The average Bonchev–Trinajstić information content (AvgIpc) is 2.90. The molecule has 1 heterocycles. The molecular weight excluding hydrogens is 264 g/mol. The minimum absolute atomic E-state index is 0.104. The van der Waals surface area contributed by atoms with Gasteiger partial charge >= 0.3 is 6.03 Å². The van der Waals surface area contributed by atoms with E-state index < -0.39 is 0 Å². The third-order valence-corrected chi connectivity index (χ3v) is 3.46. The molecule has 112 valence electrons. The molecule has 2 N–H and O–H groups in total. The van der Waals surface area contributed by atoms with Crippen molar-refractivity contribution in [2.24, 2.45) is 7.05 Å². The molecule has 1 aromatic heterocycles. The van der Waals surface area contributed by atoms with Gasteiger partial charge in [0.15, 0.2) is 0 Å². The number of hydrogen-bond donors (Lipinski definition) is 2. The summed E-state index contributed by atoms with van der Waals surface area (Å²) in [4.78, 5) is 11.9. The van der Waals surface area contributed by atoms with Gasteiger partial charge in [-0.05, 0) is 5.56 Å². The van der Waals surface area contributed by atoms with Gasteiger partial charge in [0, 0.05) is 37.3 Å². The highest BCUT2D eigenvalue weighted by molar-refractivity contribution is 5.73. The smallest absolute Gasteiger partial charge is 0.315 e. The Morgan fingerprint density at radius 1 is 1.24 bits per heavy atom. The lowest BCUT2D eigenvalue weighted by Crippen LogP contribution is -2.42. The molecule has 0 unspecified atom stereocenters. The first-order valence-electron chi connectivity index (χ1n) is 7.02. The van der Waals surface area contributed by atoms with Gasteiger partial charge in [-0.15, -0.1) is 0 Å². The average molecular weight is 286 g/mol. The van der Waals surface area contributed by atoms with Gasteiger partial charge in [-0.1, -0.05) is 44.2 Å². The Morgan fingerprint density at radius 2 is 1.95 bits per heavy atom. The third-order valence-electron chi connectivity index (χ3n) is 3.46. The number of nitrogens with one attached hydrogen (secondary N) is 2. The molecule has 2 amide bonds. The third kappa shape index (κ3) is 4.34. The largest absolute Gasteiger partial charge is 0.337 e. The molecule has 0 spiro atoms. The monoisotopic (exact) mass is 286 g/mol. The number of rotatable bonds is 5. The normalized spacial score (nSPS) is 11.2. The molecule has 0 bridgehead atoms. The quantitative estimate of drug-likeness (QED) is 0.885. The number of nitrogens with zero attached hydrogens (tertiary/aromatic N) is 2. The van der Waals surface area contributed by atoms with Crippen molar-refractivity contribution in [3.8, 4) is 0 Å². The molecule has 1 aromatic carbocycles. The highest BCUT2D eigenvalue weighted by atomic mass is 16.2. The summed E-state index contributed by atoms with van der Waals surface area (Å²) in [6, 6.07) is 10.0. The number of amides is 2. The van der Waals surface area contributed by atoms with Crippen molar-refractivity contribution in [3.05, 3.63) is 53.9 Å². The van der Waals surface area contributed by atoms with Crippen molar-refractivity contribution < 1.29 is 4.79 Å². The summed E-state index contributed by atoms with van der Waals surface area (Å²) in [6.45, 7) is 5.29. The minimum Gasteiger partial charge on any atom is -0.337 e. The van der Waals surface area contributed by atoms with E-state index in [2.05, 4.69) is 41.7 Å². The van der Waals surface area contributed by atoms with E-state index in [1.807, 2.05) is 31.4 Å². The first-order valence-corrected chi connectivity index (χ1v) is 7.02. The van der Waals surface area contributed by atoms with Crippen LogP contribution in [0.4, 0.5) is 4.79 Å². The Balaban J connectivity index is 1.80. The second-order valence-electron chi connectivity index (χ2n) is 5.81. The molecule has 0 saturated heterocycles. The summed E-state index contributed by atoms with van der Waals surface area (Å²) >= 11 is 0. The molecule has 2 rings (SSSR count). The second kappa shape index (κ2) is 6.43. The fourth-order valence-electron chi connectivity index (χ4n) is 2.10. The van der Waals surface area contributed by atoms with Crippen LogP contribution in [-0.2, 0) is 19.0 Å². The number of benzene rings is 1. The van der Waals surface area contributed by atoms with Crippen LogP contribution in [0.5, 0.6) is 0 Å². The number of urea groups is 1. The topological polar surface area (TPSA) is 59.0 Å². The number of hydrogen-bond acceptors (Lipinski definition) is 2. The Morgan fingerprint density at radius 3 is 2.57 bits per heavy atom. The number of carbonyl (C=O) groups excluding carboxylic acids is 1. The molecule has 0 radical (unpaired) electrons. The van der Waals surface area contributed by atoms with Gasteiger partial charge in [0.25, 0.3) is 0 Å². The molecule has 0 atom stereocenters. The molecular formula is C16H22N4O. The van der Waals surface area contributed by atoms with Crippen molar-refractivity contribution in [2.75, 3.05) is 6.54 Å². The summed E-state index contributed by atoms with van der Waals surface area (Å²) in [7, 11) is 1.85. The Labute approximate surface area is 125 Å². The Kier molecular flexibility index (Phi) is 4.62. The van der Waals surface area contributed by atoms with Crippen LogP contribution in [0.25, 0.3) is 0 Å². The van der Waals surface area contributed by atoms with Gasteiger partial charge in [-0.2, -0.15) is 5.10 Å². The van der Waals surface area contributed by atoms with Crippen LogP contribution in [0.3, 0.4) is 0 Å². The van der Waals surface area contributed by atoms with Crippen molar-refractivity contribution in [2.45, 2.75) is 25.8 Å². The standard InChI is InChI=1S/C16H22N4O/c1-16(2,14-7-5-4-6-8-14)12-18-15(21)17-9-13-10-19-20(3)11-13/h4-8,10-11H,9,12H2,1-3H3,(H2,17,18,21). The lowest BCUT2D eigenvalue weighted by atomic mass is 9.85. The first kappa shape index (κ1) is 15.1. The zero-order valence-electron chi connectivity index (χ0n) is 12.8. The van der Waals surface area contributed by atoms with E-state index in [0.717, 1.165) is 5.56 Å². The van der Waals surface area contributed by atoms with Crippen molar-refractivity contribution in [1.82, 2.24) is 20.4 Å². The number of aromatic nitrogens is 2. The van der Waals surface area contributed by atoms with Gasteiger partial charge in [-0.25, -0.2) is 4.79 Å².